The number of carboxylic acids is 1. The van der Waals surface area contributed by atoms with Crippen molar-refractivity contribution in [2.75, 3.05) is 11.9 Å². The molecular weight excluding hydrogens is 368 g/mol. The number of anilines is 1. The summed E-state index contributed by atoms with van der Waals surface area (Å²) in [4.78, 5) is 36.4. The van der Waals surface area contributed by atoms with Crippen LogP contribution in [0.4, 0.5) is 5.82 Å². The van der Waals surface area contributed by atoms with Crippen molar-refractivity contribution in [2.45, 2.75) is 64.2 Å². The number of aromatic nitrogens is 3. The minimum atomic E-state index is -0.853. The molecule has 1 atom stereocenters. The molecule has 0 saturated heterocycles. The Morgan fingerprint density at radius 2 is 2.00 bits per heavy atom. The van der Waals surface area contributed by atoms with E-state index in [4.69, 9.17) is 0 Å². The molecule has 0 unspecified atom stereocenters. The highest BCUT2D eigenvalue weighted by molar-refractivity contribution is 5.78. The Labute approximate surface area is 171 Å². The van der Waals surface area contributed by atoms with E-state index in [1.807, 2.05) is 6.07 Å². The van der Waals surface area contributed by atoms with Gasteiger partial charge in [0.25, 0.3) is 0 Å². The number of carbonyl (C=O) groups is 2. The van der Waals surface area contributed by atoms with E-state index in [9.17, 15) is 14.7 Å². The van der Waals surface area contributed by atoms with E-state index < -0.39 is 5.97 Å². The van der Waals surface area contributed by atoms with E-state index in [0.29, 0.717) is 37.9 Å². The summed E-state index contributed by atoms with van der Waals surface area (Å²) in [5, 5.41) is 12.5. The van der Waals surface area contributed by atoms with Gasteiger partial charge in [-0.05, 0) is 62.1 Å². The van der Waals surface area contributed by atoms with Crippen molar-refractivity contribution < 1.29 is 14.7 Å². The average Bonchev–Trinajstić information content (AvgIpc) is 2.71. The van der Waals surface area contributed by atoms with E-state index in [-0.39, 0.29) is 18.1 Å². The van der Waals surface area contributed by atoms with Gasteiger partial charge in [-0.15, -0.1) is 0 Å². The van der Waals surface area contributed by atoms with Gasteiger partial charge in [0.05, 0.1) is 6.42 Å². The summed E-state index contributed by atoms with van der Waals surface area (Å²) in [5.74, 6) is 0.775. The lowest BCUT2D eigenvalue weighted by Gasteiger charge is -2.17. The molecule has 29 heavy (non-hydrogen) atoms. The molecule has 2 N–H and O–H groups in total. The van der Waals surface area contributed by atoms with Crippen molar-refractivity contribution in [3.05, 3.63) is 47.2 Å². The number of nitrogens with zero attached hydrogens (tertiary/aromatic N) is 3. The van der Waals surface area contributed by atoms with Crippen LogP contribution in [0.2, 0.25) is 0 Å². The van der Waals surface area contributed by atoms with Crippen LogP contribution >= 0.6 is 0 Å². The fourth-order valence-electron chi connectivity index (χ4n) is 3.66. The van der Waals surface area contributed by atoms with Gasteiger partial charge in [-0.1, -0.05) is 6.07 Å². The van der Waals surface area contributed by atoms with Crippen LogP contribution in [-0.4, -0.2) is 38.4 Å². The fourth-order valence-corrected chi connectivity index (χ4v) is 3.66. The van der Waals surface area contributed by atoms with E-state index >= 15 is 0 Å². The normalized spacial score (nSPS) is 14.0. The zero-order valence-corrected chi connectivity index (χ0v) is 16.9. The fraction of sp³-hybridized carbons (Fsp3) is 0.500. The molecule has 0 radical (unpaired) electrons. The number of carboxylic acid groups (broad SMARTS) is 1. The van der Waals surface area contributed by atoms with Crippen LogP contribution < -0.4 is 5.32 Å². The van der Waals surface area contributed by atoms with Gasteiger partial charge in [-0.2, -0.15) is 0 Å². The lowest BCUT2D eigenvalue weighted by Crippen LogP contribution is -2.14. The average molecular weight is 396 g/mol. The highest BCUT2D eigenvalue weighted by Crippen LogP contribution is 2.25. The second kappa shape index (κ2) is 10.1. The Kier molecular flexibility index (Phi) is 7.27. The lowest BCUT2D eigenvalue weighted by molar-refractivity contribution is -0.137. The first-order valence-electron chi connectivity index (χ1n) is 10.3. The topological polar surface area (TPSA) is 105 Å². The van der Waals surface area contributed by atoms with E-state index in [1.54, 1.807) is 19.3 Å². The number of hydrogen-bond donors (Lipinski definition) is 2. The number of fused-ring (bicyclic) bond motifs is 1. The molecule has 0 amide bonds. The first-order chi connectivity index (χ1) is 14.0. The maximum absolute atomic E-state index is 12.3. The third-order valence-corrected chi connectivity index (χ3v) is 5.31. The quantitative estimate of drug-likeness (QED) is 0.633. The summed E-state index contributed by atoms with van der Waals surface area (Å²) in [6.07, 6.45) is 8.42. The van der Waals surface area contributed by atoms with Gasteiger partial charge in [-0.25, -0.2) is 15.0 Å². The van der Waals surface area contributed by atoms with Gasteiger partial charge >= 0.3 is 5.97 Å². The highest BCUT2D eigenvalue weighted by Gasteiger charge is 2.17. The molecule has 2 aromatic heterocycles. The molecule has 154 valence electrons. The Balaban J connectivity index is 1.46. The Morgan fingerprint density at radius 3 is 2.76 bits per heavy atom. The van der Waals surface area contributed by atoms with Crippen LogP contribution in [0.25, 0.3) is 0 Å². The molecule has 0 fully saturated rings. The molecule has 0 saturated carbocycles. The van der Waals surface area contributed by atoms with Crippen molar-refractivity contribution in [2.24, 2.45) is 0 Å². The van der Waals surface area contributed by atoms with Crippen LogP contribution in [-0.2, 0) is 22.4 Å². The third-order valence-electron chi connectivity index (χ3n) is 5.31. The molecular formula is C22H28N4O3. The smallest absolute Gasteiger partial charge is 0.303 e. The second-order valence-corrected chi connectivity index (χ2v) is 7.63. The van der Waals surface area contributed by atoms with Gasteiger partial charge < -0.3 is 10.4 Å². The van der Waals surface area contributed by atoms with Crippen LogP contribution in [0.1, 0.15) is 67.1 Å². The number of pyridine rings is 1. The predicted octanol–water partition coefficient (Wildman–Crippen LogP) is 3.47. The molecule has 7 nitrogen and oxygen atoms in total. The summed E-state index contributed by atoms with van der Waals surface area (Å²) < 4.78 is 0. The number of aryl methyl sites for hydroxylation is 3. The van der Waals surface area contributed by atoms with Gasteiger partial charge in [0.1, 0.15) is 17.4 Å². The van der Waals surface area contributed by atoms with Crippen LogP contribution in [0.5, 0.6) is 0 Å². The first kappa shape index (κ1) is 20.9. The largest absolute Gasteiger partial charge is 0.481 e. The van der Waals surface area contributed by atoms with Crippen LogP contribution in [0.15, 0.2) is 24.5 Å². The van der Waals surface area contributed by atoms with Crippen molar-refractivity contribution in [1.29, 1.82) is 0 Å². The zero-order chi connectivity index (χ0) is 20.6. The Morgan fingerprint density at radius 1 is 1.21 bits per heavy atom. The minimum Gasteiger partial charge on any atom is -0.481 e. The maximum Gasteiger partial charge on any atom is 0.303 e. The predicted molar refractivity (Wildman–Crippen MR) is 110 cm³/mol. The first-order valence-corrected chi connectivity index (χ1v) is 10.3. The molecule has 0 spiro atoms. The van der Waals surface area contributed by atoms with Crippen LogP contribution in [0, 0.1) is 6.92 Å². The number of hydrogen-bond acceptors (Lipinski definition) is 6. The molecule has 0 aromatic carbocycles. The number of nitrogens with one attached hydrogen (secondary N) is 1. The molecule has 1 aliphatic rings. The van der Waals surface area contributed by atoms with Crippen molar-refractivity contribution in [1.82, 2.24) is 15.0 Å². The summed E-state index contributed by atoms with van der Waals surface area (Å²) in [5.41, 5.74) is 3.00. The van der Waals surface area contributed by atoms with Crippen molar-refractivity contribution in [3.8, 4) is 0 Å². The zero-order valence-electron chi connectivity index (χ0n) is 16.9. The molecule has 2 aromatic rings. The summed E-state index contributed by atoms with van der Waals surface area (Å²) in [6.45, 7) is 2.74. The third kappa shape index (κ3) is 6.34. The standard InChI is InChI=1S/C22H28N4O3/c1-15-24-13-18(14-25-15)17(12-21(28)29)4-2-6-20(27)10-9-19-8-7-16-5-3-11-23-22(16)26-19/h7-8,13-14,17H,2-6,9-12H2,1H3,(H,23,26)(H,28,29)/t17-/m0/s1. The number of aliphatic carboxylic acids is 1. The Hall–Kier alpha value is -2.83. The number of carbonyl (C=O) groups excluding carboxylic acids is 1. The van der Waals surface area contributed by atoms with Gasteiger partial charge in [0, 0.05) is 37.5 Å². The molecule has 0 aliphatic carbocycles. The number of ketones is 1. The minimum absolute atomic E-state index is 0.0205. The van der Waals surface area contributed by atoms with E-state index in [1.165, 1.54) is 5.56 Å². The van der Waals surface area contributed by atoms with E-state index in [2.05, 4.69) is 26.3 Å². The van der Waals surface area contributed by atoms with E-state index in [0.717, 1.165) is 36.5 Å². The van der Waals surface area contributed by atoms with Crippen molar-refractivity contribution >= 4 is 17.6 Å². The Bertz CT molecular complexity index is 852. The second-order valence-electron chi connectivity index (χ2n) is 7.63. The summed E-state index contributed by atoms with van der Waals surface area (Å²) >= 11 is 0. The number of rotatable bonds is 10. The number of Topliss-reactive ketones (excluding diaryl/α,β-unsaturated/α-hetero) is 1. The van der Waals surface area contributed by atoms with Gasteiger partial charge in [0.2, 0.25) is 0 Å². The van der Waals surface area contributed by atoms with Crippen molar-refractivity contribution in [3.63, 3.8) is 0 Å². The van der Waals surface area contributed by atoms with Gasteiger partial charge in [0.15, 0.2) is 0 Å². The highest BCUT2D eigenvalue weighted by atomic mass is 16.4. The maximum atomic E-state index is 12.3. The SMILES string of the molecule is Cc1ncc([C@@H](CCCC(=O)CCc2ccc3c(n2)NCCC3)CC(=O)O)cn1. The molecule has 3 heterocycles. The monoisotopic (exact) mass is 396 g/mol. The lowest BCUT2D eigenvalue weighted by atomic mass is 9.91. The molecule has 0 bridgehead atoms. The molecule has 7 heteroatoms. The molecule has 3 rings (SSSR count). The summed E-state index contributed by atoms with van der Waals surface area (Å²) in [6, 6.07) is 4.12. The van der Waals surface area contributed by atoms with Crippen LogP contribution in [0.3, 0.4) is 0 Å². The van der Waals surface area contributed by atoms with Gasteiger partial charge in [-0.3, -0.25) is 9.59 Å². The molecule has 1 aliphatic heterocycles. The summed E-state index contributed by atoms with van der Waals surface area (Å²) in [7, 11) is 0.